The summed E-state index contributed by atoms with van der Waals surface area (Å²) in [6.45, 7) is 19.5. The van der Waals surface area contributed by atoms with Gasteiger partial charge < -0.3 is 24.5 Å². The zero-order chi connectivity index (χ0) is 27.5. The molecule has 0 aliphatic carbocycles. The predicted molar refractivity (Wildman–Crippen MR) is 144 cm³/mol. The average Bonchev–Trinajstić information content (AvgIpc) is 3.36. The highest BCUT2D eigenvalue weighted by atomic mass is 16.5. The SMILES string of the molecule is C=CCN(CCC)C(=O)[C@H]1[C@H]2C(=O)N(CCCCCO)C(C(=O)N(CC=C)C(C)C)C23CC(C)[C@]1(C)O3. The first kappa shape index (κ1) is 29.4. The number of carbonyl (C=O) groups excluding carboxylic acids is 3. The molecule has 6 atom stereocenters. The minimum atomic E-state index is -1.04. The topological polar surface area (TPSA) is 90.4 Å². The quantitative estimate of drug-likeness (QED) is 0.283. The fourth-order valence-electron chi connectivity index (χ4n) is 6.97. The molecule has 0 aromatic rings. The number of fused-ring (bicyclic) bond motifs is 1. The van der Waals surface area contributed by atoms with Crippen molar-refractivity contribution in [1.29, 1.82) is 0 Å². The normalized spacial score (nSPS) is 32.1. The maximum absolute atomic E-state index is 14.2. The van der Waals surface area contributed by atoms with Crippen LogP contribution in [-0.2, 0) is 19.1 Å². The van der Waals surface area contributed by atoms with E-state index in [4.69, 9.17) is 4.74 Å². The van der Waals surface area contributed by atoms with Gasteiger partial charge in [-0.1, -0.05) is 26.0 Å². The Kier molecular flexibility index (Phi) is 9.27. The Morgan fingerprint density at radius 2 is 1.86 bits per heavy atom. The summed E-state index contributed by atoms with van der Waals surface area (Å²) in [5.41, 5.74) is -1.87. The van der Waals surface area contributed by atoms with Gasteiger partial charge in [0.05, 0.1) is 17.4 Å². The van der Waals surface area contributed by atoms with Crippen LogP contribution in [0.15, 0.2) is 25.3 Å². The molecule has 3 unspecified atom stereocenters. The van der Waals surface area contributed by atoms with E-state index in [1.807, 2.05) is 27.7 Å². The summed E-state index contributed by atoms with van der Waals surface area (Å²) in [7, 11) is 0. The van der Waals surface area contributed by atoms with Crippen LogP contribution >= 0.6 is 0 Å². The van der Waals surface area contributed by atoms with E-state index in [1.165, 1.54) is 0 Å². The van der Waals surface area contributed by atoms with Gasteiger partial charge >= 0.3 is 0 Å². The highest BCUT2D eigenvalue weighted by molar-refractivity contribution is 5.99. The zero-order valence-electron chi connectivity index (χ0n) is 23.4. The monoisotopic (exact) mass is 517 g/mol. The van der Waals surface area contributed by atoms with E-state index in [9.17, 15) is 19.5 Å². The van der Waals surface area contributed by atoms with Crippen LogP contribution in [0.5, 0.6) is 0 Å². The highest BCUT2D eigenvalue weighted by Gasteiger charge is 2.80. The number of rotatable bonds is 14. The van der Waals surface area contributed by atoms with Crippen molar-refractivity contribution < 1.29 is 24.2 Å². The summed E-state index contributed by atoms with van der Waals surface area (Å²) in [6.07, 6.45) is 6.84. The van der Waals surface area contributed by atoms with Gasteiger partial charge in [0.25, 0.3) is 0 Å². The summed E-state index contributed by atoms with van der Waals surface area (Å²) in [6, 6.07) is -0.869. The highest BCUT2D eigenvalue weighted by Crippen LogP contribution is 2.65. The molecule has 0 radical (unpaired) electrons. The molecular weight excluding hydrogens is 470 g/mol. The number of aliphatic hydroxyl groups is 1. The first-order chi connectivity index (χ1) is 17.5. The van der Waals surface area contributed by atoms with Crippen molar-refractivity contribution >= 4 is 17.7 Å². The van der Waals surface area contributed by atoms with Crippen molar-refractivity contribution in [3.05, 3.63) is 25.3 Å². The van der Waals surface area contributed by atoms with E-state index in [2.05, 4.69) is 20.1 Å². The molecule has 37 heavy (non-hydrogen) atoms. The molecule has 1 spiro atoms. The van der Waals surface area contributed by atoms with Gasteiger partial charge in [0.1, 0.15) is 11.6 Å². The Labute approximate surface area is 222 Å². The number of carbonyl (C=O) groups is 3. The molecule has 8 nitrogen and oxygen atoms in total. The van der Waals surface area contributed by atoms with Gasteiger partial charge in [-0.05, 0) is 58.8 Å². The average molecular weight is 518 g/mol. The van der Waals surface area contributed by atoms with Crippen LogP contribution in [-0.4, -0.2) is 93.6 Å². The number of amides is 3. The molecule has 1 N–H and O–H groups in total. The molecule has 0 aromatic carbocycles. The molecule has 3 fully saturated rings. The second-order valence-corrected chi connectivity index (χ2v) is 11.5. The minimum Gasteiger partial charge on any atom is -0.396 e. The summed E-state index contributed by atoms with van der Waals surface area (Å²) >= 11 is 0. The molecule has 3 amide bonds. The molecule has 0 saturated carbocycles. The maximum Gasteiger partial charge on any atom is 0.248 e. The number of unbranched alkanes of at least 4 members (excludes halogenated alkanes) is 2. The number of ether oxygens (including phenoxy) is 1. The summed E-state index contributed by atoms with van der Waals surface area (Å²) in [5, 5.41) is 9.23. The summed E-state index contributed by atoms with van der Waals surface area (Å²) < 4.78 is 6.84. The van der Waals surface area contributed by atoms with Crippen molar-refractivity contribution in [2.24, 2.45) is 17.8 Å². The van der Waals surface area contributed by atoms with Crippen LogP contribution < -0.4 is 0 Å². The number of likely N-dealkylation sites (tertiary alicyclic amines) is 1. The van der Waals surface area contributed by atoms with Crippen LogP contribution in [0.4, 0.5) is 0 Å². The molecule has 2 bridgehead atoms. The third-order valence-electron chi connectivity index (χ3n) is 8.76. The van der Waals surface area contributed by atoms with Crippen molar-refractivity contribution in [3.63, 3.8) is 0 Å². The number of hydrogen-bond donors (Lipinski definition) is 1. The lowest BCUT2D eigenvalue weighted by Gasteiger charge is -2.39. The smallest absolute Gasteiger partial charge is 0.248 e. The Bertz CT molecular complexity index is 891. The van der Waals surface area contributed by atoms with Gasteiger partial charge in [-0.2, -0.15) is 0 Å². The van der Waals surface area contributed by atoms with Crippen LogP contribution in [0.1, 0.15) is 66.7 Å². The predicted octanol–water partition coefficient (Wildman–Crippen LogP) is 3.01. The van der Waals surface area contributed by atoms with Crippen LogP contribution in [0.25, 0.3) is 0 Å². The van der Waals surface area contributed by atoms with Crippen LogP contribution in [0.3, 0.4) is 0 Å². The van der Waals surface area contributed by atoms with Gasteiger partial charge in [0.15, 0.2) is 0 Å². The van der Waals surface area contributed by atoms with E-state index in [0.717, 1.165) is 12.8 Å². The largest absolute Gasteiger partial charge is 0.396 e. The van der Waals surface area contributed by atoms with Gasteiger partial charge in [-0.15, -0.1) is 13.2 Å². The second-order valence-electron chi connectivity index (χ2n) is 11.5. The Balaban J connectivity index is 2.09. The first-order valence-electron chi connectivity index (χ1n) is 14.0. The molecule has 0 aromatic heterocycles. The Morgan fingerprint density at radius 3 is 2.43 bits per heavy atom. The third kappa shape index (κ3) is 4.87. The summed E-state index contributed by atoms with van der Waals surface area (Å²) in [4.78, 5) is 47.7. The zero-order valence-corrected chi connectivity index (χ0v) is 23.4. The van der Waals surface area contributed by atoms with E-state index >= 15 is 0 Å². The molecule has 3 heterocycles. The molecule has 8 heteroatoms. The fourth-order valence-corrected chi connectivity index (χ4v) is 6.97. The van der Waals surface area contributed by atoms with E-state index in [1.54, 1.807) is 26.9 Å². The molecule has 3 aliphatic heterocycles. The van der Waals surface area contributed by atoms with Crippen molar-refractivity contribution in [1.82, 2.24) is 14.7 Å². The molecule has 3 saturated heterocycles. The van der Waals surface area contributed by atoms with Crippen LogP contribution in [0.2, 0.25) is 0 Å². The van der Waals surface area contributed by atoms with Crippen molar-refractivity contribution in [3.8, 4) is 0 Å². The number of nitrogens with zero attached hydrogens (tertiary/aromatic N) is 3. The second kappa shape index (κ2) is 11.7. The number of aliphatic hydroxyl groups excluding tert-OH is 1. The molecular formula is C29H47N3O5. The molecule has 208 valence electrons. The van der Waals surface area contributed by atoms with Crippen molar-refractivity contribution in [2.45, 2.75) is 90.0 Å². The van der Waals surface area contributed by atoms with E-state index in [-0.39, 0.29) is 36.3 Å². The molecule has 3 aliphatic rings. The fraction of sp³-hybridized carbons (Fsp3) is 0.759. The Hall–Kier alpha value is -2.19. The number of hydrogen-bond acceptors (Lipinski definition) is 5. The van der Waals surface area contributed by atoms with Gasteiger partial charge in [0, 0.05) is 38.8 Å². The van der Waals surface area contributed by atoms with E-state index in [0.29, 0.717) is 45.4 Å². The van der Waals surface area contributed by atoms with Gasteiger partial charge in [0.2, 0.25) is 17.7 Å². The van der Waals surface area contributed by atoms with E-state index < -0.39 is 29.1 Å². The first-order valence-corrected chi connectivity index (χ1v) is 14.0. The van der Waals surface area contributed by atoms with Crippen molar-refractivity contribution in [2.75, 3.05) is 32.8 Å². The third-order valence-corrected chi connectivity index (χ3v) is 8.76. The van der Waals surface area contributed by atoms with Crippen LogP contribution in [0, 0.1) is 17.8 Å². The molecule has 3 rings (SSSR count). The standard InChI is InChI=1S/C29H47N3O5/c1-8-14-30(15-9-2)25(34)22-23-26(35)32(17-12-11-13-18-33)24(27(36)31(16-10-3)20(4)5)29(23)19-21(6)28(22,7)37-29/h8,10,20-24,33H,1,3,9,11-19H2,2,4-7H3/t21?,22-,23+,24?,28+,29?/m1/s1. The minimum absolute atomic E-state index is 0.00857. The summed E-state index contributed by atoms with van der Waals surface area (Å²) in [5.74, 6) is -1.73. The van der Waals surface area contributed by atoms with Gasteiger partial charge in [-0.25, -0.2) is 0 Å². The lowest BCUT2D eigenvalue weighted by Crippen LogP contribution is -2.58. The van der Waals surface area contributed by atoms with Gasteiger partial charge in [-0.3, -0.25) is 14.4 Å². The lowest BCUT2D eigenvalue weighted by molar-refractivity contribution is -0.155. The maximum atomic E-state index is 14.2. The lowest BCUT2D eigenvalue weighted by atomic mass is 9.62. The Morgan fingerprint density at radius 1 is 1.19 bits per heavy atom.